The monoisotopic (exact) mass is 413 g/mol. The fourth-order valence-corrected chi connectivity index (χ4v) is 3.83. The highest BCUT2D eigenvalue weighted by atomic mass is 16.2. The number of benzene rings is 3. The van der Waals surface area contributed by atoms with E-state index in [0.717, 1.165) is 24.3 Å². The van der Waals surface area contributed by atoms with E-state index >= 15 is 0 Å². The average molecular weight is 414 g/mol. The van der Waals surface area contributed by atoms with E-state index in [2.05, 4.69) is 15.5 Å². The quantitative estimate of drug-likeness (QED) is 0.607. The van der Waals surface area contributed by atoms with Crippen LogP contribution in [0.25, 0.3) is 0 Å². The summed E-state index contributed by atoms with van der Waals surface area (Å²) in [6.07, 6.45) is 3.71. The molecule has 1 aliphatic rings. The summed E-state index contributed by atoms with van der Waals surface area (Å²) in [7, 11) is 0. The number of anilines is 2. The van der Waals surface area contributed by atoms with Crippen molar-refractivity contribution < 1.29 is 9.59 Å². The minimum atomic E-state index is -0.228. The molecule has 1 heterocycles. The number of piperidine rings is 1. The number of nitrogens with one attached hydrogen (secondary N) is 2. The molecule has 0 atom stereocenters. The summed E-state index contributed by atoms with van der Waals surface area (Å²) in [6.45, 7) is 2.56. The Hall–Kier alpha value is -3.60. The molecule has 0 spiro atoms. The van der Waals surface area contributed by atoms with Crippen LogP contribution in [0.5, 0.6) is 0 Å². The van der Waals surface area contributed by atoms with Crippen LogP contribution in [0.15, 0.2) is 78.9 Å². The van der Waals surface area contributed by atoms with Crippen molar-refractivity contribution in [1.82, 2.24) is 5.32 Å². The molecule has 158 valence electrons. The molecular weight excluding hydrogens is 386 g/mol. The van der Waals surface area contributed by atoms with Crippen LogP contribution in [0.2, 0.25) is 0 Å². The summed E-state index contributed by atoms with van der Waals surface area (Å²) in [5.74, 6) is -0.450. The molecule has 2 N–H and O–H groups in total. The molecular formula is C26H27N3O2. The van der Waals surface area contributed by atoms with Gasteiger partial charge >= 0.3 is 0 Å². The van der Waals surface area contributed by atoms with Gasteiger partial charge in [0.15, 0.2) is 0 Å². The van der Waals surface area contributed by atoms with Gasteiger partial charge < -0.3 is 15.5 Å². The topological polar surface area (TPSA) is 61.4 Å². The first-order chi connectivity index (χ1) is 15.2. The maximum absolute atomic E-state index is 12.8. The maximum atomic E-state index is 12.8. The standard InChI is InChI=1S/C26H27N3O2/c30-25(21-13-15-22(16-14-21)29-17-7-2-8-18-29)28-24-12-6-5-11-23(24)26(31)27-19-20-9-3-1-4-10-20/h1,3-6,9-16H,2,7-8,17-19H2,(H,27,31)(H,28,30). The predicted molar refractivity (Wildman–Crippen MR) is 125 cm³/mol. The third-order valence-electron chi connectivity index (χ3n) is 5.57. The van der Waals surface area contributed by atoms with E-state index in [0.29, 0.717) is 23.4 Å². The summed E-state index contributed by atoms with van der Waals surface area (Å²) in [4.78, 5) is 27.9. The number of hydrogen-bond acceptors (Lipinski definition) is 3. The van der Waals surface area contributed by atoms with E-state index < -0.39 is 0 Å². The molecule has 1 aliphatic heterocycles. The molecule has 5 nitrogen and oxygen atoms in total. The van der Waals surface area contributed by atoms with Crippen LogP contribution in [0, 0.1) is 0 Å². The van der Waals surface area contributed by atoms with Crippen LogP contribution in [0.4, 0.5) is 11.4 Å². The van der Waals surface area contributed by atoms with Crippen LogP contribution in [-0.2, 0) is 6.54 Å². The van der Waals surface area contributed by atoms with Gasteiger partial charge in [0.1, 0.15) is 0 Å². The molecule has 1 saturated heterocycles. The van der Waals surface area contributed by atoms with E-state index in [1.807, 2.05) is 60.7 Å². The predicted octanol–water partition coefficient (Wildman–Crippen LogP) is 4.86. The maximum Gasteiger partial charge on any atom is 0.255 e. The van der Waals surface area contributed by atoms with Gasteiger partial charge in [-0.1, -0.05) is 42.5 Å². The van der Waals surface area contributed by atoms with E-state index in [-0.39, 0.29) is 11.8 Å². The van der Waals surface area contributed by atoms with E-state index in [1.165, 1.54) is 19.3 Å². The SMILES string of the molecule is O=C(Nc1ccccc1C(=O)NCc1ccccc1)c1ccc(N2CCCCC2)cc1. The van der Waals surface area contributed by atoms with Crippen LogP contribution in [0.1, 0.15) is 45.5 Å². The van der Waals surface area contributed by atoms with E-state index in [9.17, 15) is 9.59 Å². The van der Waals surface area contributed by atoms with E-state index in [1.54, 1.807) is 18.2 Å². The fraction of sp³-hybridized carbons (Fsp3) is 0.231. The Labute approximate surface area is 183 Å². The van der Waals surface area contributed by atoms with Crippen molar-refractivity contribution in [3.63, 3.8) is 0 Å². The second-order valence-corrected chi connectivity index (χ2v) is 7.76. The highest BCUT2D eigenvalue weighted by molar-refractivity contribution is 6.09. The van der Waals surface area contributed by atoms with Gasteiger partial charge in [0.2, 0.25) is 0 Å². The third-order valence-corrected chi connectivity index (χ3v) is 5.57. The first kappa shape index (κ1) is 20.7. The minimum Gasteiger partial charge on any atom is -0.372 e. The van der Waals surface area contributed by atoms with Gasteiger partial charge in [0, 0.05) is 30.9 Å². The molecule has 0 saturated carbocycles. The van der Waals surface area contributed by atoms with Gasteiger partial charge in [0.05, 0.1) is 11.3 Å². The molecule has 1 fully saturated rings. The van der Waals surface area contributed by atoms with Crippen molar-refractivity contribution in [2.75, 3.05) is 23.3 Å². The lowest BCUT2D eigenvalue weighted by Gasteiger charge is -2.28. The number of amides is 2. The number of hydrogen-bond donors (Lipinski definition) is 2. The second kappa shape index (κ2) is 9.94. The molecule has 0 bridgehead atoms. The molecule has 31 heavy (non-hydrogen) atoms. The second-order valence-electron chi connectivity index (χ2n) is 7.76. The Morgan fingerprint density at radius 2 is 1.42 bits per heavy atom. The normalized spacial score (nSPS) is 13.5. The van der Waals surface area contributed by atoms with Crippen molar-refractivity contribution in [3.05, 3.63) is 95.6 Å². The highest BCUT2D eigenvalue weighted by Crippen LogP contribution is 2.21. The summed E-state index contributed by atoms with van der Waals surface area (Å²) in [5, 5.41) is 5.81. The summed E-state index contributed by atoms with van der Waals surface area (Å²) >= 11 is 0. The van der Waals surface area contributed by atoms with Crippen molar-refractivity contribution in [2.45, 2.75) is 25.8 Å². The number of nitrogens with zero attached hydrogens (tertiary/aromatic N) is 1. The van der Waals surface area contributed by atoms with E-state index in [4.69, 9.17) is 0 Å². The lowest BCUT2D eigenvalue weighted by atomic mass is 10.1. The first-order valence-corrected chi connectivity index (χ1v) is 10.8. The molecule has 3 aromatic carbocycles. The molecule has 0 unspecified atom stereocenters. The summed E-state index contributed by atoms with van der Waals surface area (Å²) < 4.78 is 0. The average Bonchev–Trinajstić information content (AvgIpc) is 2.84. The van der Waals surface area contributed by atoms with Crippen LogP contribution in [0.3, 0.4) is 0 Å². The number of rotatable bonds is 6. The smallest absolute Gasteiger partial charge is 0.255 e. The van der Waals surface area contributed by atoms with Gasteiger partial charge in [-0.25, -0.2) is 0 Å². The van der Waals surface area contributed by atoms with Gasteiger partial charge in [-0.2, -0.15) is 0 Å². The molecule has 0 aliphatic carbocycles. The number of para-hydroxylation sites is 1. The first-order valence-electron chi connectivity index (χ1n) is 10.8. The van der Waals surface area contributed by atoms with Gasteiger partial charge in [-0.15, -0.1) is 0 Å². The molecule has 2 amide bonds. The van der Waals surface area contributed by atoms with Crippen LogP contribution >= 0.6 is 0 Å². The van der Waals surface area contributed by atoms with Gasteiger partial charge in [-0.3, -0.25) is 9.59 Å². The lowest BCUT2D eigenvalue weighted by molar-refractivity contribution is 0.0952. The Kier molecular flexibility index (Phi) is 6.62. The number of carbonyl (C=O) groups is 2. The molecule has 0 radical (unpaired) electrons. The van der Waals surface area contributed by atoms with Crippen LogP contribution < -0.4 is 15.5 Å². The Morgan fingerprint density at radius 1 is 0.742 bits per heavy atom. The summed E-state index contributed by atoms with van der Waals surface area (Å²) in [5.41, 5.74) is 3.68. The van der Waals surface area contributed by atoms with Crippen molar-refractivity contribution in [1.29, 1.82) is 0 Å². The van der Waals surface area contributed by atoms with Crippen LogP contribution in [-0.4, -0.2) is 24.9 Å². The van der Waals surface area contributed by atoms with Crippen molar-refractivity contribution in [2.24, 2.45) is 0 Å². The fourth-order valence-electron chi connectivity index (χ4n) is 3.83. The summed E-state index contributed by atoms with van der Waals surface area (Å²) in [6, 6.07) is 24.5. The highest BCUT2D eigenvalue weighted by Gasteiger charge is 2.15. The molecule has 5 heteroatoms. The Bertz CT molecular complexity index is 1030. The Morgan fingerprint density at radius 3 is 2.16 bits per heavy atom. The molecule has 4 rings (SSSR count). The zero-order valence-corrected chi connectivity index (χ0v) is 17.5. The van der Waals surface area contributed by atoms with Crippen molar-refractivity contribution >= 4 is 23.2 Å². The van der Waals surface area contributed by atoms with Crippen molar-refractivity contribution in [3.8, 4) is 0 Å². The zero-order chi connectivity index (χ0) is 21.5. The van der Waals surface area contributed by atoms with Gasteiger partial charge in [-0.05, 0) is 61.2 Å². The zero-order valence-electron chi connectivity index (χ0n) is 17.5. The lowest BCUT2D eigenvalue weighted by Crippen LogP contribution is -2.29. The molecule has 0 aromatic heterocycles. The number of carbonyl (C=O) groups excluding carboxylic acids is 2. The Balaban J connectivity index is 1.42. The molecule has 3 aromatic rings. The minimum absolute atomic E-state index is 0.222. The third kappa shape index (κ3) is 5.31. The van der Waals surface area contributed by atoms with Gasteiger partial charge in [0.25, 0.3) is 11.8 Å². The largest absolute Gasteiger partial charge is 0.372 e.